The van der Waals surface area contributed by atoms with E-state index in [-0.39, 0.29) is 11.8 Å². The zero-order chi connectivity index (χ0) is 23.0. The third-order valence-electron chi connectivity index (χ3n) is 5.59. The Hall–Kier alpha value is -2.06. The first-order chi connectivity index (χ1) is 16.1. The second-order valence-electron chi connectivity index (χ2n) is 8.04. The van der Waals surface area contributed by atoms with Crippen molar-refractivity contribution in [2.24, 2.45) is 5.92 Å². The molecule has 2 aromatic carbocycles. The number of benzene rings is 2. The molecule has 1 aliphatic heterocycles. The monoisotopic (exact) mass is 504 g/mol. The number of hydrogen-bond acceptors (Lipinski definition) is 6. The summed E-state index contributed by atoms with van der Waals surface area (Å²) in [4.78, 5) is 19.3. The van der Waals surface area contributed by atoms with Gasteiger partial charge in [-0.2, -0.15) is 16.7 Å². The highest BCUT2D eigenvalue weighted by atomic mass is 35.5. The first kappa shape index (κ1) is 24.1. The van der Waals surface area contributed by atoms with Crippen molar-refractivity contribution in [2.75, 3.05) is 25.4 Å². The van der Waals surface area contributed by atoms with Gasteiger partial charge in [0.25, 0.3) is 0 Å². The normalized spacial score (nSPS) is 15.0. The number of amides is 1. The number of nitrogens with one attached hydrogen (secondary N) is 1. The first-order valence-electron chi connectivity index (χ1n) is 11.0. The molecule has 2 heterocycles. The Morgan fingerprint density at radius 2 is 1.91 bits per heavy atom. The zero-order valence-corrected chi connectivity index (χ0v) is 20.5. The number of carbonyl (C=O) groups is 1. The van der Waals surface area contributed by atoms with Crippen LogP contribution in [-0.4, -0.2) is 46.3 Å². The van der Waals surface area contributed by atoms with Crippen LogP contribution in [0.4, 0.5) is 0 Å². The van der Waals surface area contributed by atoms with Gasteiger partial charge in [-0.25, -0.2) is 0 Å². The van der Waals surface area contributed by atoms with Gasteiger partial charge >= 0.3 is 0 Å². The van der Waals surface area contributed by atoms with Crippen molar-refractivity contribution in [2.45, 2.75) is 25.1 Å². The third-order valence-corrected chi connectivity index (χ3v) is 7.11. The Bertz CT molecular complexity index is 1050. The lowest BCUT2D eigenvalue weighted by atomic mass is 9.96. The number of rotatable bonds is 9. The molecule has 1 fully saturated rings. The van der Waals surface area contributed by atoms with Gasteiger partial charge in [-0.05, 0) is 67.9 Å². The van der Waals surface area contributed by atoms with Crippen molar-refractivity contribution in [3.05, 3.63) is 70.0 Å². The molecule has 0 aliphatic carbocycles. The number of likely N-dealkylation sites (tertiary alicyclic amines) is 1. The van der Waals surface area contributed by atoms with Crippen molar-refractivity contribution in [3.8, 4) is 11.4 Å². The van der Waals surface area contributed by atoms with Crippen LogP contribution in [0.5, 0.6) is 0 Å². The molecular weight excluding hydrogens is 479 g/mol. The molecule has 33 heavy (non-hydrogen) atoms. The van der Waals surface area contributed by atoms with Crippen molar-refractivity contribution >= 4 is 40.9 Å². The van der Waals surface area contributed by atoms with Crippen LogP contribution >= 0.6 is 35.0 Å². The predicted octanol–water partition coefficient (Wildman–Crippen LogP) is 5.31. The van der Waals surface area contributed by atoms with Gasteiger partial charge in [0.15, 0.2) is 0 Å². The summed E-state index contributed by atoms with van der Waals surface area (Å²) in [5.41, 5.74) is 2.07. The van der Waals surface area contributed by atoms with E-state index in [1.807, 2.05) is 30.3 Å². The van der Waals surface area contributed by atoms with Gasteiger partial charge in [0, 0.05) is 39.6 Å². The second-order valence-corrected chi connectivity index (χ2v) is 10.0. The molecule has 0 atom stereocenters. The van der Waals surface area contributed by atoms with E-state index in [4.69, 9.17) is 27.7 Å². The van der Waals surface area contributed by atoms with E-state index in [1.165, 1.54) is 5.56 Å². The van der Waals surface area contributed by atoms with Gasteiger partial charge in [-0.3, -0.25) is 9.69 Å². The van der Waals surface area contributed by atoms with Crippen LogP contribution in [0.15, 0.2) is 53.1 Å². The number of hydrogen-bond donors (Lipinski definition) is 1. The molecule has 1 aromatic heterocycles. The molecule has 1 amide bonds. The molecule has 0 unspecified atom stereocenters. The lowest BCUT2D eigenvalue weighted by molar-refractivity contribution is -0.126. The lowest BCUT2D eigenvalue weighted by Gasteiger charge is -2.30. The van der Waals surface area contributed by atoms with Crippen LogP contribution in [0, 0.1) is 5.92 Å². The van der Waals surface area contributed by atoms with E-state index < -0.39 is 0 Å². The Labute approximate surface area is 208 Å². The van der Waals surface area contributed by atoms with Crippen LogP contribution in [0.1, 0.15) is 24.3 Å². The number of halogens is 2. The van der Waals surface area contributed by atoms with Gasteiger partial charge in [-0.15, -0.1) is 0 Å². The molecule has 4 rings (SSSR count). The minimum absolute atomic E-state index is 0.0616. The summed E-state index contributed by atoms with van der Waals surface area (Å²) < 4.78 is 5.42. The van der Waals surface area contributed by atoms with Gasteiger partial charge in [0.1, 0.15) is 0 Å². The van der Waals surface area contributed by atoms with E-state index in [0.717, 1.165) is 48.0 Å². The Kier molecular flexibility index (Phi) is 8.67. The maximum atomic E-state index is 12.5. The third kappa shape index (κ3) is 7.21. The lowest BCUT2D eigenvalue weighted by Crippen LogP contribution is -2.40. The van der Waals surface area contributed by atoms with Gasteiger partial charge in [-0.1, -0.05) is 40.5 Å². The number of aromatic nitrogens is 2. The maximum Gasteiger partial charge on any atom is 0.241 e. The Morgan fingerprint density at radius 1 is 1.12 bits per heavy atom. The zero-order valence-electron chi connectivity index (χ0n) is 18.2. The van der Waals surface area contributed by atoms with E-state index in [2.05, 4.69) is 26.4 Å². The second kappa shape index (κ2) is 11.9. The average molecular weight is 505 g/mol. The summed E-state index contributed by atoms with van der Waals surface area (Å²) in [7, 11) is 0. The maximum absolute atomic E-state index is 12.5. The van der Waals surface area contributed by atoms with E-state index in [1.54, 1.807) is 23.9 Å². The molecular formula is C24H26Cl2N4O2S. The number of nitrogens with zero attached hydrogens (tertiary/aromatic N) is 3. The number of thioether (sulfide) groups is 1. The van der Waals surface area contributed by atoms with Crippen molar-refractivity contribution in [1.82, 2.24) is 20.4 Å². The summed E-state index contributed by atoms with van der Waals surface area (Å²) >= 11 is 13.7. The van der Waals surface area contributed by atoms with E-state index in [0.29, 0.717) is 29.8 Å². The summed E-state index contributed by atoms with van der Waals surface area (Å²) in [6.45, 7) is 2.94. The fourth-order valence-corrected chi connectivity index (χ4v) is 4.93. The fourth-order valence-electron chi connectivity index (χ4n) is 3.79. The molecule has 1 saturated heterocycles. The molecule has 0 radical (unpaired) electrons. The Morgan fingerprint density at radius 3 is 2.67 bits per heavy atom. The van der Waals surface area contributed by atoms with Crippen molar-refractivity contribution in [3.63, 3.8) is 0 Å². The predicted molar refractivity (Wildman–Crippen MR) is 133 cm³/mol. The molecule has 0 saturated carbocycles. The van der Waals surface area contributed by atoms with Crippen molar-refractivity contribution < 1.29 is 9.32 Å². The van der Waals surface area contributed by atoms with Crippen LogP contribution < -0.4 is 5.32 Å². The van der Waals surface area contributed by atoms with Gasteiger partial charge in [0.2, 0.25) is 17.6 Å². The molecule has 9 heteroatoms. The van der Waals surface area contributed by atoms with E-state index >= 15 is 0 Å². The summed E-state index contributed by atoms with van der Waals surface area (Å²) in [5, 5.41) is 8.58. The highest BCUT2D eigenvalue weighted by Crippen LogP contribution is 2.22. The summed E-state index contributed by atoms with van der Waals surface area (Å²) in [6.07, 6.45) is 1.67. The number of carbonyl (C=O) groups excluding carboxylic acids is 1. The molecule has 0 bridgehead atoms. The highest BCUT2D eigenvalue weighted by molar-refractivity contribution is 7.98. The van der Waals surface area contributed by atoms with Gasteiger partial charge < -0.3 is 9.84 Å². The first-order valence-corrected chi connectivity index (χ1v) is 12.9. The smallest absolute Gasteiger partial charge is 0.241 e. The van der Waals surface area contributed by atoms with Crippen LogP contribution in [0.3, 0.4) is 0 Å². The molecule has 1 N–H and O–H groups in total. The minimum atomic E-state index is 0.0616. The fraction of sp³-hybridized carbons (Fsp3) is 0.375. The standard InChI is InChI=1S/C24H26Cl2N4O2S/c25-20-6-4-18(5-7-20)23-28-22(32-29-23)15-30-11-8-19(9-12-30)24(31)27-10-13-33-16-17-2-1-3-21(26)14-17/h1-7,14,19H,8-13,15-16H2,(H,27,31). The average Bonchev–Trinajstić information content (AvgIpc) is 3.28. The topological polar surface area (TPSA) is 71.3 Å². The molecule has 0 spiro atoms. The van der Waals surface area contributed by atoms with Crippen molar-refractivity contribution in [1.29, 1.82) is 0 Å². The van der Waals surface area contributed by atoms with Crippen LogP contribution in [0.2, 0.25) is 10.0 Å². The SMILES string of the molecule is O=C(NCCSCc1cccc(Cl)c1)C1CCN(Cc2nc(-c3ccc(Cl)cc3)no2)CC1. The molecule has 1 aliphatic rings. The summed E-state index contributed by atoms with van der Waals surface area (Å²) in [6, 6.07) is 15.2. The highest BCUT2D eigenvalue weighted by Gasteiger charge is 2.25. The minimum Gasteiger partial charge on any atom is -0.355 e. The van der Waals surface area contributed by atoms with Crippen LogP contribution in [-0.2, 0) is 17.1 Å². The summed E-state index contributed by atoms with van der Waals surface area (Å²) in [5.74, 6) is 3.13. The van der Waals surface area contributed by atoms with Gasteiger partial charge in [0.05, 0.1) is 6.54 Å². The quantitative estimate of drug-likeness (QED) is 0.398. The Balaban J connectivity index is 1.14. The molecule has 3 aromatic rings. The van der Waals surface area contributed by atoms with Crippen LogP contribution in [0.25, 0.3) is 11.4 Å². The van der Waals surface area contributed by atoms with E-state index in [9.17, 15) is 4.79 Å². The molecule has 174 valence electrons. The largest absolute Gasteiger partial charge is 0.355 e. The molecule has 6 nitrogen and oxygen atoms in total. The number of piperidine rings is 1.